The number of nitrogens with two attached hydrogens (primary N) is 1. The summed E-state index contributed by atoms with van der Waals surface area (Å²) in [5.74, 6) is 1.65. The summed E-state index contributed by atoms with van der Waals surface area (Å²) < 4.78 is 6.60. The Morgan fingerprint density at radius 3 is 2.93 bits per heavy atom. The fraction of sp³-hybridized carbons (Fsp3) is 0.316. The Morgan fingerprint density at radius 1 is 1.26 bits per heavy atom. The molecular formula is C19H20N6OS. The van der Waals surface area contributed by atoms with Crippen LogP contribution in [0, 0.1) is 0 Å². The molecule has 5 rings (SSSR count). The molecule has 0 aromatic carbocycles. The van der Waals surface area contributed by atoms with Crippen molar-refractivity contribution in [2.75, 3.05) is 31.2 Å². The van der Waals surface area contributed by atoms with Crippen LogP contribution in [0.4, 0.5) is 5.82 Å². The van der Waals surface area contributed by atoms with Gasteiger partial charge in [-0.05, 0) is 25.1 Å². The second kappa shape index (κ2) is 6.56. The molecule has 138 valence electrons. The highest BCUT2D eigenvalue weighted by Crippen LogP contribution is 2.36. The van der Waals surface area contributed by atoms with Gasteiger partial charge < -0.3 is 20.4 Å². The predicted octanol–water partition coefficient (Wildman–Crippen LogP) is 3.09. The number of fused-ring (bicyclic) bond motifs is 2. The van der Waals surface area contributed by atoms with Crippen LogP contribution in [-0.2, 0) is 4.74 Å². The van der Waals surface area contributed by atoms with Crippen LogP contribution in [0.3, 0.4) is 0 Å². The number of morpholine rings is 1. The van der Waals surface area contributed by atoms with Gasteiger partial charge in [0.2, 0.25) is 0 Å². The van der Waals surface area contributed by atoms with Gasteiger partial charge in [-0.2, -0.15) is 0 Å². The number of H-pyrrole nitrogens is 1. The van der Waals surface area contributed by atoms with E-state index in [4.69, 9.17) is 20.4 Å². The molecule has 0 bridgehead atoms. The lowest BCUT2D eigenvalue weighted by Crippen LogP contribution is -2.36. The summed E-state index contributed by atoms with van der Waals surface area (Å²) >= 11 is 1.68. The molecule has 8 heteroatoms. The first kappa shape index (κ1) is 16.6. The van der Waals surface area contributed by atoms with Crippen molar-refractivity contribution in [2.45, 2.75) is 13.0 Å². The first-order valence-electron chi connectivity index (χ1n) is 9.02. The van der Waals surface area contributed by atoms with E-state index < -0.39 is 0 Å². The van der Waals surface area contributed by atoms with Crippen LogP contribution in [-0.4, -0.2) is 46.2 Å². The summed E-state index contributed by atoms with van der Waals surface area (Å²) in [5, 5.41) is 1.05. The van der Waals surface area contributed by atoms with E-state index >= 15 is 0 Å². The standard InChI is InChI=1S/C19H20N6OS/c1-11(20)15-9-14-16(27-15)19(25-4-6-26-7-5-25)24-18(23-14)13-8-12-2-3-21-17(12)22-10-13/h2-3,8-11H,4-7,20H2,1H3,(H,21,22). The average Bonchev–Trinajstić information content (AvgIpc) is 3.34. The van der Waals surface area contributed by atoms with Crippen LogP contribution in [0.2, 0.25) is 0 Å². The molecule has 27 heavy (non-hydrogen) atoms. The molecule has 1 aliphatic heterocycles. The Morgan fingerprint density at radius 2 is 2.11 bits per heavy atom. The van der Waals surface area contributed by atoms with Crippen molar-refractivity contribution in [1.82, 2.24) is 19.9 Å². The van der Waals surface area contributed by atoms with Crippen LogP contribution < -0.4 is 10.6 Å². The Hall–Kier alpha value is -2.55. The zero-order valence-electron chi connectivity index (χ0n) is 15.0. The first-order valence-corrected chi connectivity index (χ1v) is 9.84. The number of thiophene rings is 1. The molecule has 1 atom stereocenters. The normalized spacial score (nSPS) is 16.3. The molecule has 0 radical (unpaired) electrons. The number of ether oxygens (including phenoxy) is 1. The zero-order valence-corrected chi connectivity index (χ0v) is 15.8. The highest BCUT2D eigenvalue weighted by molar-refractivity contribution is 7.19. The van der Waals surface area contributed by atoms with Crippen LogP contribution in [0.15, 0.2) is 30.6 Å². The molecule has 1 saturated heterocycles. The van der Waals surface area contributed by atoms with E-state index in [2.05, 4.69) is 27.0 Å². The zero-order chi connectivity index (χ0) is 18.4. The molecular weight excluding hydrogens is 360 g/mol. The van der Waals surface area contributed by atoms with Crippen molar-refractivity contribution in [3.8, 4) is 11.4 Å². The molecule has 0 amide bonds. The van der Waals surface area contributed by atoms with Gasteiger partial charge in [0.25, 0.3) is 0 Å². The SMILES string of the molecule is CC(N)c1cc2nc(-c3cnc4[nH]ccc4c3)nc(N3CCOCC3)c2s1. The maximum Gasteiger partial charge on any atom is 0.163 e. The Bertz CT molecular complexity index is 1110. The Labute approximate surface area is 160 Å². The molecule has 4 aromatic heterocycles. The number of pyridine rings is 1. The minimum Gasteiger partial charge on any atom is -0.378 e. The molecule has 3 N–H and O–H groups in total. The molecule has 7 nitrogen and oxygen atoms in total. The number of hydrogen-bond acceptors (Lipinski definition) is 7. The lowest BCUT2D eigenvalue weighted by Gasteiger charge is -2.28. The average molecular weight is 380 g/mol. The van der Waals surface area contributed by atoms with Gasteiger partial charge in [-0.25, -0.2) is 15.0 Å². The molecule has 1 unspecified atom stereocenters. The van der Waals surface area contributed by atoms with E-state index in [1.807, 2.05) is 25.4 Å². The maximum atomic E-state index is 6.12. The van der Waals surface area contributed by atoms with Crippen molar-refractivity contribution in [3.63, 3.8) is 0 Å². The summed E-state index contributed by atoms with van der Waals surface area (Å²) in [7, 11) is 0. The topological polar surface area (TPSA) is 93.0 Å². The third-order valence-electron chi connectivity index (χ3n) is 4.79. The third kappa shape index (κ3) is 2.95. The van der Waals surface area contributed by atoms with Crippen LogP contribution >= 0.6 is 11.3 Å². The summed E-state index contributed by atoms with van der Waals surface area (Å²) in [6.07, 6.45) is 3.71. The van der Waals surface area contributed by atoms with E-state index in [1.165, 1.54) is 0 Å². The monoisotopic (exact) mass is 380 g/mol. The molecule has 0 saturated carbocycles. The van der Waals surface area contributed by atoms with E-state index in [1.54, 1.807) is 11.3 Å². The van der Waals surface area contributed by atoms with Crippen molar-refractivity contribution in [2.24, 2.45) is 5.73 Å². The number of nitrogens with one attached hydrogen (secondary N) is 1. The number of anilines is 1. The van der Waals surface area contributed by atoms with Gasteiger partial charge in [-0.1, -0.05) is 0 Å². The molecule has 0 spiro atoms. The van der Waals surface area contributed by atoms with Gasteiger partial charge in [0, 0.05) is 47.4 Å². The number of hydrogen-bond donors (Lipinski definition) is 2. The van der Waals surface area contributed by atoms with Gasteiger partial charge >= 0.3 is 0 Å². The van der Waals surface area contributed by atoms with Crippen molar-refractivity contribution < 1.29 is 4.74 Å². The predicted molar refractivity (Wildman–Crippen MR) is 108 cm³/mol. The smallest absolute Gasteiger partial charge is 0.163 e. The van der Waals surface area contributed by atoms with E-state index in [0.717, 1.165) is 50.6 Å². The number of aromatic amines is 1. The number of aromatic nitrogens is 4. The summed E-state index contributed by atoms with van der Waals surface area (Å²) in [5.41, 5.74) is 8.83. The maximum absolute atomic E-state index is 6.12. The first-order chi connectivity index (χ1) is 13.2. The van der Waals surface area contributed by atoms with Gasteiger partial charge in [0.1, 0.15) is 5.65 Å². The lowest BCUT2D eigenvalue weighted by atomic mass is 10.2. The molecule has 4 aromatic rings. The summed E-state index contributed by atoms with van der Waals surface area (Å²) in [4.78, 5) is 20.8. The summed E-state index contributed by atoms with van der Waals surface area (Å²) in [6, 6.07) is 6.14. The molecule has 1 fully saturated rings. The van der Waals surface area contributed by atoms with E-state index in [9.17, 15) is 0 Å². The third-order valence-corrected chi connectivity index (χ3v) is 6.11. The van der Waals surface area contributed by atoms with E-state index in [-0.39, 0.29) is 6.04 Å². The molecule has 0 aliphatic carbocycles. The largest absolute Gasteiger partial charge is 0.378 e. The van der Waals surface area contributed by atoms with Gasteiger partial charge in [-0.15, -0.1) is 11.3 Å². The highest BCUT2D eigenvalue weighted by Gasteiger charge is 2.21. The lowest BCUT2D eigenvalue weighted by molar-refractivity contribution is 0.122. The Kier molecular flexibility index (Phi) is 4.04. The molecule has 5 heterocycles. The van der Waals surface area contributed by atoms with E-state index in [0.29, 0.717) is 19.0 Å². The minimum absolute atomic E-state index is 0.0249. The van der Waals surface area contributed by atoms with Crippen molar-refractivity contribution in [3.05, 3.63) is 35.5 Å². The van der Waals surface area contributed by atoms with Crippen molar-refractivity contribution in [1.29, 1.82) is 0 Å². The Balaban J connectivity index is 1.69. The van der Waals surface area contributed by atoms with Gasteiger partial charge in [0.05, 0.1) is 23.4 Å². The van der Waals surface area contributed by atoms with Crippen molar-refractivity contribution >= 4 is 38.4 Å². The number of nitrogens with zero attached hydrogens (tertiary/aromatic N) is 4. The minimum atomic E-state index is -0.0249. The number of rotatable bonds is 3. The van der Waals surface area contributed by atoms with Crippen LogP contribution in [0.1, 0.15) is 17.8 Å². The summed E-state index contributed by atoms with van der Waals surface area (Å²) in [6.45, 7) is 5.07. The van der Waals surface area contributed by atoms with Crippen LogP contribution in [0.5, 0.6) is 0 Å². The van der Waals surface area contributed by atoms with Gasteiger partial charge in [-0.3, -0.25) is 0 Å². The quantitative estimate of drug-likeness (QED) is 0.567. The van der Waals surface area contributed by atoms with Crippen LogP contribution in [0.25, 0.3) is 32.6 Å². The fourth-order valence-corrected chi connectivity index (χ4v) is 4.41. The highest BCUT2D eigenvalue weighted by atomic mass is 32.1. The molecule has 1 aliphatic rings. The fourth-order valence-electron chi connectivity index (χ4n) is 3.34. The second-order valence-corrected chi connectivity index (χ2v) is 7.85. The second-order valence-electron chi connectivity index (χ2n) is 6.76. The van der Waals surface area contributed by atoms with Gasteiger partial charge in [0.15, 0.2) is 11.6 Å².